The van der Waals surface area contributed by atoms with Crippen LogP contribution in [0, 0.1) is 23.6 Å². The first kappa shape index (κ1) is 10.3. The third-order valence-electron chi connectivity index (χ3n) is 4.30. The van der Waals surface area contributed by atoms with Gasteiger partial charge in [0.25, 0.3) is 0 Å². The van der Waals surface area contributed by atoms with Gasteiger partial charge in [-0.15, -0.1) is 0 Å². The van der Waals surface area contributed by atoms with E-state index < -0.39 is 0 Å². The van der Waals surface area contributed by atoms with Crippen LogP contribution in [0.2, 0.25) is 0 Å². The lowest BCUT2D eigenvalue weighted by Gasteiger charge is -2.10. The lowest BCUT2D eigenvalue weighted by Crippen LogP contribution is -2.02. The number of hydrogen-bond donors (Lipinski definition) is 1. The highest BCUT2D eigenvalue weighted by molar-refractivity contribution is 5.22. The number of halogens is 1. The van der Waals surface area contributed by atoms with Gasteiger partial charge < -0.3 is 5.11 Å². The van der Waals surface area contributed by atoms with E-state index in [1.807, 2.05) is 0 Å². The number of aliphatic hydroxyl groups excluding tert-OH is 1. The molecule has 2 aliphatic rings. The predicted octanol–water partition coefficient (Wildman–Crippen LogP) is 3.30. The molecule has 0 amide bonds. The zero-order chi connectivity index (χ0) is 11.1. The lowest BCUT2D eigenvalue weighted by molar-refractivity contribution is 0.142. The van der Waals surface area contributed by atoms with Crippen molar-refractivity contribution in [3.05, 3.63) is 35.6 Å². The lowest BCUT2D eigenvalue weighted by atomic mass is 10.0. The molecule has 1 N–H and O–H groups in total. The predicted molar refractivity (Wildman–Crippen MR) is 60.3 cm³/mol. The molecular formula is C14H17FO. The van der Waals surface area contributed by atoms with Crippen molar-refractivity contribution in [3.8, 4) is 0 Å². The smallest absolute Gasteiger partial charge is 0.123 e. The summed E-state index contributed by atoms with van der Waals surface area (Å²) < 4.78 is 12.8. The van der Waals surface area contributed by atoms with Crippen LogP contribution in [0.4, 0.5) is 4.39 Å². The molecule has 1 aromatic rings. The van der Waals surface area contributed by atoms with E-state index in [0.717, 1.165) is 17.4 Å². The number of rotatable bonds is 2. The first-order chi connectivity index (χ1) is 7.77. The summed E-state index contributed by atoms with van der Waals surface area (Å²) in [6.45, 7) is 0. The minimum atomic E-state index is -0.381. The molecule has 0 spiro atoms. The summed E-state index contributed by atoms with van der Waals surface area (Å²) in [6.07, 6.45) is 4.79. The van der Waals surface area contributed by atoms with Crippen molar-refractivity contribution in [1.29, 1.82) is 0 Å². The van der Waals surface area contributed by atoms with E-state index in [9.17, 15) is 9.50 Å². The van der Waals surface area contributed by atoms with Crippen LogP contribution in [-0.2, 0) is 0 Å². The molecule has 0 saturated heterocycles. The van der Waals surface area contributed by atoms with Crippen molar-refractivity contribution in [3.63, 3.8) is 0 Å². The molecule has 3 atom stereocenters. The van der Waals surface area contributed by atoms with Gasteiger partial charge in [-0.25, -0.2) is 4.39 Å². The van der Waals surface area contributed by atoms with Gasteiger partial charge >= 0.3 is 0 Å². The fourth-order valence-corrected chi connectivity index (χ4v) is 3.40. The summed E-state index contributed by atoms with van der Waals surface area (Å²) in [5, 5.41) is 10.3. The fourth-order valence-electron chi connectivity index (χ4n) is 3.40. The van der Waals surface area contributed by atoms with Crippen molar-refractivity contribution < 1.29 is 9.50 Å². The number of fused-ring (bicyclic) bond motifs is 1. The van der Waals surface area contributed by atoms with Gasteiger partial charge in [0.1, 0.15) is 5.82 Å². The summed E-state index contributed by atoms with van der Waals surface area (Å²) in [7, 11) is 0. The minimum absolute atomic E-state index is 0.232. The molecule has 16 heavy (non-hydrogen) atoms. The second-order valence-corrected chi connectivity index (χ2v) is 5.19. The van der Waals surface area contributed by atoms with Gasteiger partial charge in [-0.3, -0.25) is 0 Å². The van der Waals surface area contributed by atoms with Crippen molar-refractivity contribution in [1.82, 2.24) is 0 Å². The van der Waals surface area contributed by atoms with Crippen molar-refractivity contribution in [2.24, 2.45) is 17.8 Å². The van der Waals surface area contributed by atoms with Crippen LogP contribution in [0.25, 0.3) is 0 Å². The third kappa shape index (κ3) is 1.65. The fraction of sp³-hybridized carbons (Fsp3) is 0.571. The number of benzene rings is 1. The van der Waals surface area contributed by atoms with E-state index in [2.05, 4.69) is 0 Å². The van der Waals surface area contributed by atoms with Crippen molar-refractivity contribution in [2.45, 2.75) is 31.8 Å². The Balaban J connectivity index is 1.74. The molecule has 86 valence electrons. The van der Waals surface area contributed by atoms with E-state index in [1.165, 1.54) is 37.8 Å². The Morgan fingerprint density at radius 2 is 1.62 bits per heavy atom. The van der Waals surface area contributed by atoms with Gasteiger partial charge in [-0.1, -0.05) is 25.0 Å². The summed E-state index contributed by atoms with van der Waals surface area (Å²) in [6, 6.07) is 6.30. The molecular weight excluding hydrogens is 203 g/mol. The number of aliphatic hydroxyl groups is 1. The molecule has 2 saturated carbocycles. The van der Waals surface area contributed by atoms with E-state index >= 15 is 0 Å². The molecule has 1 aromatic carbocycles. The number of hydrogen-bond acceptors (Lipinski definition) is 1. The third-order valence-corrected chi connectivity index (χ3v) is 4.30. The maximum Gasteiger partial charge on any atom is 0.123 e. The second-order valence-electron chi connectivity index (χ2n) is 5.19. The normalized spacial score (nSPS) is 34.2. The summed E-state index contributed by atoms with van der Waals surface area (Å²) in [4.78, 5) is 0. The highest BCUT2D eigenvalue weighted by Crippen LogP contribution is 2.60. The highest BCUT2D eigenvalue weighted by Gasteiger charge is 2.54. The molecule has 0 aliphatic heterocycles. The van der Waals surface area contributed by atoms with E-state index in [1.54, 1.807) is 12.1 Å². The van der Waals surface area contributed by atoms with Crippen molar-refractivity contribution in [2.75, 3.05) is 0 Å². The Morgan fingerprint density at radius 1 is 1.06 bits per heavy atom. The molecule has 1 nitrogen and oxygen atoms in total. The first-order valence-electron chi connectivity index (χ1n) is 6.21. The average molecular weight is 220 g/mol. The van der Waals surface area contributed by atoms with E-state index in [4.69, 9.17) is 0 Å². The SMILES string of the molecule is OC(c1ccc(F)cc1)C1C2CCCCC21. The van der Waals surface area contributed by atoms with Crippen LogP contribution in [0.3, 0.4) is 0 Å². The van der Waals surface area contributed by atoms with E-state index in [-0.39, 0.29) is 11.9 Å². The molecule has 3 rings (SSSR count). The minimum Gasteiger partial charge on any atom is -0.388 e. The standard InChI is InChI=1S/C14H17FO/c15-10-7-5-9(6-8-10)14(16)13-11-3-1-2-4-12(11)13/h5-8,11-14,16H,1-4H2. The van der Waals surface area contributed by atoms with Crippen LogP contribution in [0.1, 0.15) is 37.4 Å². The van der Waals surface area contributed by atoms with Crippen LogP contribution >= 0.6 is 0 Å². The Hall–Kier alpha value is -0.890. The highest BCUT2D eigenvalue weighted by atomic mass is 19.1. The molecule has 0 radical (unpaired) electrons. The van der Waals surface area contributed by atoms with Gasteiger partial charge in [-0.05, 0) is 48.3 Å². The van der Waals surface area contributed by atoms with Gasteiger partial charge in [0.05, 0.1) is 6.10 Å². The molecule has 2 fully saturated rings. The Kier molecular flexibility index (Phi) is 2.47. The maximum absolute atomic E-state index is 12.8. The first-order valence-corrected chi connectivity index (χ1v) is 6.21. The molecule has 0 aromatic heterocycles. The summed E-state index contributed by atoms with van der Waals surface area (Å²) in [5.74, 6) is 1.67. The monoisotopic (exact) mass is 220 g/mol. The van der Waals surface area contributed by atoms with Crippen LogP contribution in [0.5, 0.6) is 0 Å². The Labute approximate surface area is 95.3 Å². The van der Waals surface area contributed by atoms with Gasteiger partial charge in [-0.2, -0.15) is 0 Å². The molecule has 2 aliphatic carbocycles. The largest absolute Gasteiger partial charge is 0.388 e. The quantitative estimate of drug-likeness (QED) is 0.810. The Bertz CT molecular complexity index is 361. The van der Waals surface area contributed by atoms with Gasteiger partial charge in [0, 0.05) is 0 Å². The van der Waals surface area contributed by atoms with Crippen LogP contribution < -0.4 is 0 Å². The van der Waals surface area contributed by atoms with Crippen molar-refractivity contribution >= 4 is 0 Å². The van der Waals surface area contributed by atoms with E-state index in [0.29, 0.717) is 5.92 Å². The summed E-state index contributed by atoms with van der Waals surface area (Å²) in [5.41, 5.74) is 0.876. The topological polar surface area (TPSA) is 20.2 Å². The zero-order valence-electron chi connectivity index (χ0n) is 9.27. The average Bonchev–Trinajstić information content (AvgIpc) is 3.03. The van der Waals surface area contributed by atoms with Crippen LogP contribution in [0.15, 0.2) is 24.3 Å². The molecule has 0 heterocycles. The van der Waals surface area contributed by atoms with Gasteiger partial charge in [0.15, 0.2) is 0 Å². The molecule has 2 heteroatoms. The molecule has 0 bridgehead atoms. The summed E-state index contributed by atoms with van der Waals surface area (Å²) >= 11 is 0. The van der Waals surface area contributed by atoms with Crippen LogP contribution in [-0.4, -0.2) is 5.11 Å². The zero-order valence-corrected chi connectivity index (χ0v) is 9.27. The Morgan fingerprint density at radius 3 is 2.19 bits per heavy atom. The van der Waals surface area contributed by atoms with Gasteiger partial charge in [0.2, 0.25) is 0 Å². The maximum atomic E-state index is 12.8. The second kappa shape index (κ2) is 3.85. The molecule has 3 unspecified atom stereocenters.